The molecule has 1 aliphatic rings. The zero-order chi connectivity index (χ0) is 15.6. The van der Waals surface area contributed by atoms with Gasteiger partial charge in [-0.15, -0.1) is 0 Å². The van der Waals surface area contributed by atoms with Gasteiger partial charge in [0.2, 0.25) is 11.8 Å². The van der Waals surface area contributed by atoms with Gasteiger partial charge in [0.05, 0.1) is 0 Å². The Bertz CT molecular complexity index is 538. The monoisotopic (exact) mass is 307 g/mol. The number of carbonyl (C=O) groups excluding carboxylic acids is 2. The van der Waals surface area contributed by atoms with E-state index in [-0.39, 0.29) is 23.1 Å². The summed E-state index contributed by atoms with van der Waals surface area (Å²) < 4.78 is 0. The fourth-order valence-electron chi connectivity index (χ4n) is 3.19. The van der Waals surface area contributed by atoms with Crippen LogP contribution in [0.1, 0.15) is 39.2 Å². The Labute approximate surface area is 131 Å². The van der Waals surface area contributed by atoms with Gasteiger partial charge in [-0.1, -0.05) is 44.5 Å². The molecule has 2 atom stereocenters. The van der Waals surface area contributed by atoms with E-state index in [1.807, 2.05) is 31.2 Å². The van der Waals surface area contributed by atoms with Crippen molar-refractivity contribution < 1.29 is 9.59 Å². The third-order valence-electron chi connectivity index (χ3n) is 4.21. The highest BCUT2D eigenvalue weighted by Crippen LogP contribution is 2.41. The maximum atomic E-state index is 12.2. The summed E-state index contributed by atoms with van der Waals surface area (Å²) in [6, 6.07) is 7.64. The molecule has 0 aliphatic carbocycles. The van der Waals surface area contributed by atoms with Gasteiger partial charge in [0.25, 0.3) is 0 Å². The first-order chi connectivity index (χ1) is 9.80. The van der Waals surface area contributed by atoms with Crippen LogP contribution in [-0.2, 0) is 16.0 Å². The molecule has 0 bridgehead atoms. The van der Waals surface area contributed by atoms with E-state index < -0.39 is 0 Å². The van der Waals surface area contributed by atoms with Crippen LogP contribution in [0.25, 0.3) is 0 Å². The Hall–Kier alpha value is -1.35. The summed E-state index contributed by atoms with van der Waals surface area (Å²) in [6.07, 6.45) is 1.89. The van der Waals surface area contributed by atoms with Crippen molar-refractivity contribution in [3.8, 4) is 0 Å². The van der Waals surface area contributed by atoms with Crippen LogP contribution in [0, 0.1) is 17.3 Å². The highest BCUT2D eigenvalue weighted by Gasteiger charge is 2.45. The summed E-state index contributed by atoms with van der Waals surface area (Å²) >= 11 is 5.91. The molecule has 2 amide bonds. The molecule has 1 aromatic rings. The minimum Gasteiger partial charge on any atom is -0.296 e. The van der Waals surface area contributed by atoms with Crippen molar-refractivity contribution in [1.82, 2.24) is 5.32 Å². The quantitative estimate of drug-likeness (QED) is 0.864. The lowest BCUT2D eigenvalue weighted by molar-refractivity contribution is -0.143. The van der Waals surface area contributed by atoms with E-state index >= 15 is 0 Å². The van der Waals surface area contributed by atoms with Crippen molar-refractivity contribution in [1.29, 1.82) is 0 Å². The number of imide groups is 1. The summed E-state index contributed by atoms with van der Waals surface area (Å²) in [5.74, 6) is -0.0164. The van der Waals surface area contributed by atoms with Gasteiger partial charge >= 0.3 is 0 Å². The molecular formula is C17H22ClNO2. The smallest absolute Gasteiger partial charge is 0.230 e. The van der Waals surface area contributed by atoms with Crippen molar-refractivity contribution in [3.63, 3.8) is 0 Å². The van der Waals surface area contributed by atoms with E-state index in [9.17, 15) is 9.59 Å². The average Bonchev–Trinajstić information content (AvgIpc) is 2.36. The highest BCUT2D eigenvalue weighted by molar-refractivity contribution is 6.30. The van der Waals surface area contributed by atoms with Crippen LogP contribution in [0.4, 0.5) is 0 Å². The predicted octanol–water partition coefficient (Wildman–Crippen LogP) is 3.60. The van der Waals surface area contributed by atoms with E-state index in [0.29, 0.717) is 23.8 Å². The zero-order valence-electron chi connectivity index (χ0n) is 12.8. The van der Waals surface area contributed by atoms with Crippen molar-refractivity contribution in [2.24, 2.45) is 17.3 Å². The Kier molecular flexibility index (Phi) is 4.72. The minimum absolute atomic E-state index is 0.128. The number of benzene rings is 1. The van der Waals surface area contributed by atoms with E-state index in [4.69, 9.17) is 11.6 Å². The molecule has 0 aromatic heterocycles. The van der Waals surface area contributed by atoms with Gasteiger partial charge in [-0.2, -0.15) is 0 Å². The van der Waals surface area contributed by atoms with E-state index in [1.165, 1.54) is 0 Å². The van der Waals surface area contributed by atoms with E-state index in [1.54, 1.807) is 0 Å². The number of carbonyl (C=O) groups is 2. The van der Waals surface area contributed by atoms with Crippen LogP contribution in [0.3, 0.4) is 0 Å². The second kappa shape index (κ2) is 6.18. The van der Waals surface area contributed by atoms with Crippen LogP contribution >= 0.6 is 11.6 Å². The molecule has 4 heteroatoms. The van der Waals surface area contributed by atoms with Crippen LogP contribution in [0.15, 0.2) is 24.3 Å². The number of amides is 2. The van der Waals surface area contributed by atoms with Gasteiger partial charge in [0.15, 0.2) is 0 Å². The number of hydrogen-bond acceptors (Lipinski definition) is 2. The molecule has 0 spiro atoms. The summed E-state index contributed by atoms with van der Waals surface area (Å²) in [5.41, 5.74) is 0.774. The number of halogens is 1. The first-order valence-electron chi connectivity index (χ1n) is 7.38. The van der Waals surface area contributed by atoms with E-state index in [2.05, 4.69) is 19.2 Å². The largest absolute Gasteiger partial charge is 0.296 e. The summed E-state index contributed by atoms with van der Waals surface area (Å²) in [6.45, 7) is 6.25. The van der Waals surface area contributed by atoms with Crippen molar-refractivity contribution in [2.75, 3.05) is 0 Å². The number of piperidine rings is 1. The van der Waals surface area contributed by atoms with Crippen LogP contribution in [-0.4, -0.2) is 11.8 Å². The molecule has 1 heterocycles. The first kappa shape index (κ1) is 16.0. The summed E-state index contributed by atoms with van der Waals surface area (Å²) in [4.78, 5) is 24.1. The van der Waals surface area contributed by atoms with Crippen LogP contribution in [0.2, 0.25) is 5.02 Å². The normalized spacial score (nSPS) is 26.0. The predicted molar refractivity (Wildman–Crippen MR) is 84.0 cm³/mol. The second-order valence-corrected chi connectivity index (χ2v) is 7.17. The Morgan fingerprint density at radius 3 is 2.48 bits per heavy atom. The lowest BCUT2D eigenvalue weighted by Gasteiger charge is -2.40. The standard InChI is InChI=1S/C17H22ClNO2/c1-11(2)8-14-16(21)19-15(20)10-17(14,3)9-12-4-6-13(18)7-5-12/h4-7,11,14H,8-10H2,1-3H3,(H,19,20,21). The molecule has 0 radical (unpaired) electrons. The van der Waals surface area contributed by atoms with Crippen LogP contribution in [0.5, 0.6) is 0 Å². The molecule has 1 aliphatic heterocycles. The third-order valence-corrected chi connectivity index (χ3v) is 4.47. The number of rotatable bonds is 4. The minimum atomic E-state index is -0.336. The van der Waals surface area contributed by atoms with Gasteiger partial charge in [-0.3, -0.25) is 14.9 Å². The Balaban J connectivity index is 2.26. The number of nitrogens with one attached hydrogen (secondary N) is 1. The number of hydrogen-bond donors (Lipinski definition) is 1. The molecule has 1 N–H and O–H groups in total. The van der Waals surface area contributed by atoms with Crippen molar-refractivity contribution >= 4 is 23.4 Å². The molecular weight excluding hydrogens is 286 g/mol. The fourth-order valence-corrected chi connectivity index (χ4v) is 3.32. The van der Waals surface area contributed by atoms with Crippen LogP contribution < -0.4 is 5.32 Å². The lowest BCUT2D eigenvalue weighted by Crippen LogP contribution is -2.52. The van der Waals surface area contributed by atoms with Gasteiger partial charge in [0.1, 0.15) is 0 Å². The first-order valence-corrected chi connectivity index (χ1v) is 7.76. The summed E-state index contributed by atoms with van der Waals surface area (Å²) in [5, 5.41) is 3.18. The molecule has 1 fully saturated rings. The molecule has 3 nitrogen and oxygen atoms in total. The third kappa shape index (κ3) is 3.85. The molecule has 1 saturated heterocycles. The Morgan fingerprint density at radius 2 is 1.90 bits per heavy atom. The van der Waals surface area contributed by atoms with Gasteiger partial charge in [-0.05, 0) is 41.9 Å². The maximum absolute atomic E-state index is 12.2. The average molecular weight is 308 g/mol. The summed E-state index contributed by atoms with van der Waals surface area (Å²) in [7, 11) is 0. The zero-order valence-corrected chi connectivity index (χ0v) is 13.5. The van der Waals surface area contributed by atoms with E-state index in [0.717, 1.165) is 12.0 Å². The SMILES string of the molecule is CC(C)CC1C(=O)NC(=O)CC1(C)Cc1ccc(Cl)cc1. The van der Waals surface area contributed by atoms with Gasteiger partial charge in [-0.25, -0.2) is 0 Å². The van der Waals surface area contributed by atoms with Gasteiger partial charge in [0, 0.05) is 17.4 Å². The molecule has 114 valence electrons. The topological polar surface area (TPSA) is 46.2 Å². The molecule has 2 unspecified atom stereocenters. The molecule has 21 heavy (non-hydrogen) atoms. The maximum Gasteiger partial charge on any atom is 0.230 e. The van der Waals surface area contributed by atoms with Crippen molar-refractivity contribution in [2.45, 2.75) is 40.0 Å². The molecule has 0 saturated carbocycles. The Morgan fingerprint density at radius 1 is 1.29 bits per heavy atom. The van der Waals surface area contributed by atoms with Crippen molar-refractivity contribution in [3.05, 3.63) is 34.9 Å². The van der Waals surface area contributed by atoms with Gasteiger partial charge < -0.3 is 0 Å². The lowest BCUT2D eigenvalue weighted by atomic mass is 9.65. The highest BCUT2D eigenvalue weighted by atomic mass is 35.5. The molecule has 1 aromatic carbocycles. The fraction of sp³-hybridized carbons (Fsp3) is 0.529. The second-order valence-electron chi connectivity index (χ2n) is 6.73. The molecule has 2 rings (SSSR count).